The van der Waals surface area contributed by atoms with E-state index in [0.29, 0.717) is 51.2 Å². The van der Waals surface area contributed by atoms with E-state index in [0.717, 1.165) is 5.69 Å². The van der Waals surface area contributed by atoms with Crippen molar-refractivity contribution in [2.75, 3.05) is 23.9 Å². The molecule has 0 radical (unpaired) electrons. The molecular formula is C30H34F2N8. The van der Waals surface area contributed by atoms with Crippen molar-refractivity contribution in [3.63, 3.8) is 0 Å². The molecule has 10 heteroatoms. The van der Waals surface area contributed by atoms with Crippen molar-refractivity contribution in [1.29, 1.82) is 5.26 Å². The molecule has 0 aliphatic carbocycles. The number of hydrogen-bond acceptors (Lipinski definition) is 8. The Kier molecular flexibility index (Phi) is 7.86. The molecule has 0 fully saturated rings. The van der Waals surface area contributed by atoms with Crippen LogP contribution in [0.2, 0.25) is 0 Å². The van der Waals surface area contributed by atoms with Crippen molar-refractivity contribution in [2.45, 2.75) is 53.1 Å². The van der Waals surface area contributed by atoms with Gasteiger partial charge in [-0.3, -0.25) is 9.99 Å². The number of halogens is 2. The SMILES string of the molecule is C#Cc1cnc2c(C#N)cc(N[C@H](C3=CN(C(C)(C)CF)NN3)c3ccc(F)nc3C)cc2c1NCC(C)(C)C. The topological polar surface area (TPSA) is 101 Å². The molecule has 0 spiro atoms. The summed E-state index contributed by atoms with van der Waals surface area (Å²) >= 11 is 0. The maximum Gasteiger partial charge on any atom is 0.213 e. The van der Waals surface area contributed by atoms with Crippen molar-refractivity contribution in [3.8, 4) is 18.4 Å². The number of rotatable bonds is 8. The monoisotopic (exact) mass is 544 g/mol. The lowest BCUT2D eigenvalue weighted by molar-refractivity contribution is 0.0936. The summed E-state index contributed by atoms with van der Waals surface area (Å²) in [5, 5.41) is 19.3. The predicted molar refractivity (Wildman–Crippen MR) is 154 cm³/mol. The minimum Gasteiger partial charge on any atom is -0.383 e. The quantitative estimate of drug-likeness (QED) is 0.219. The standard InChI is InChI=1S/C30H34F2N8/c1-8-19-14-34-27-20(13-33)11-21(12-23(27)26(19)35-17-29(3,4)5)37-28(22-9-10-25(32)36-18(22)2)24-15-40(39-38-24)30(6,7)16-31/h1,9-12,14-15,28,37-39H,16-17H2,2-7H3,(H,34,35)/t28-/m0/s1. The minimum absolute atomic E-state index is 0.0273. The second kappa shape index (κ2) is 11.0. The Morgan fingerprint density at radius 2 is 1.93 bits per heavy atom. The first kappa shape index (κ1) is 28.6. The highest BCUT2D eigenvalue weighted by Gasteiger charge is 2.32. The number of aryl methyl sites for hydroxylation is 1. The van der Waals surface area contributed by atoms with E-state index in [1.165, 1.54) is 6.07 Å². The summed E-state index contributed by atoms with van der Waals surface area (Å²) in [6, 6.07) is 8.24. The summed E-state index contributed by atoms with van der Waals surface area (Å²) < 4.78 is 27.7. The molecule has 0 saturated heterocycles. The molecule has 0 bridgehead atoms. The van der Waals surface area contributed by atoms with Crippen LogP contribution in [-0.2, 0) is 0 Å². The maximum atomic E-state index is 13.9. The van der Waals surface area contributed by atoms with Crippen molar-refractivity contribution >= 4 is 22.3 Å². The highest BCUT2D eigenvalue weighted by molar-refractivity contribution is 5.99. The lowest BCUT2D eigenvalue weighted by atomic mass is 9.96. The minimum atomic E-state index is -0.822. The smallest absolute Gasteiger partial charge is 0.213 e. The normalized spacial score (nSPS) is 14.2. The molecule has 2 aromatic heterocycles. The third-order valence-electron chi connectivity index (χ3n) is 6.64. The number of alkyl halides is 1. The second-order valence-electron chi connectivity index (χ2n) is 11.7. The molecule has 1 aromatic carbocycles. The third kappa shape index (κ3) is 5.93. The van der Waals surface area contributed by atoms with Crippen LogP contribution in [0.15, 0.2) is 42.4 Å². The van der Waals surface area contributed by atoms with Gasteiger partial charge in [0.1, 0.15) is 12.7 Å². The van der Waals surface area contributed by atoms with Crippen LogP contribution in [0.3, 0.4) is 0 Å². The Morgan fingerprint density at radius 3 is 2.55 bits per heavy atom. The van der Waals surface area contributed by atoms with Gasteiger partial charge in [-0.05, 0) is 44.4 Å². The zero-order valence-electron chi connectivity index (χ0n) is 23.6. The number of hydrogen-bond donors (Lipinski definition) is 4. The number of hydrazine groups is 2. The first-order chi connectivity index (χ1) is 18.9. The summed E-state index contributed by atoms with van der Waals surface area (Å²) in [7, 11) is 0. The Balaban J connectivity index is 1.85. The lowest BCUT2D eigenvalue weighted by Crippen LogP contribution is -2.50. The summed E-state index contributed by atoms with van der Waals surface area (Å²) in [5.41, 5.74) is 9.88. The number of pyridine rings is 2. The Hall–Kier alpha value is -4.41. The molecule has 0 amide bonds. The van der Waals surface area contributed by atoms with Crippen LogP contribution in [0.4, 0.5) is 20.2 Å². The van der Waals surface area contributed by atoms with Crippen LogP contribution in [0.5, 0.6) is 0 Å². The summed E-state index contributed by atoms with van der Waals surface area (Å²) in [6.07, 6.45) is 9.17. The number of fused-ring (bicyclic) bond motifs is 1. The summed E-state index contributed by atoms with van der Waals surface area (Å²) in [4.78, 5) is 8.50. The zero-order chi connectivity index (χ0) is 29.2. The number of nitriles is 1. The average Bonchev–Trinajstić information content (AvgIpc) is 3.41. The van der Waals surface area contributed by atoms with E-state index in [1.807, 2.05) is 6.07 Å². The second-order valence-corrected chi connectivity index (χ2v) is 11.7. The number of nitrogens with zero attached hydrogens (tertiary/aromatic N) is 4. The highest BCUT2D eigenvalue weighted by atomic mass is 19.1. The first-order valence-corrected chi connectivity index (χ1v) is 12.9. The van der Waals surface area contributed by atoms with Crippen LogP contribution in [0.25, 0.3) is 10.9 Å². The molecular weight excluding hydrogens is 510 g/mol. The molecule has 4 N–H and O–H groups in total. The van der Waals surface area contributed by atoms with Crippen molar-refractivity contribution < 1.29 is 8.78 Å². The average molecular weight is 545 g/mol. The molecule has 40 heavy (non-hydrogen) atoms. The summed E-state index contributed by atoms with van der Waals surface area (Å²) in [5.74, 6) is 2.10. The van der Waals surface area contributed by atoms with Gasteiger partial charge in [0.2, 0.25) is 5.95 Å². The first-order valence-electron chi connectivity index (χ1n) is 12.9. The molecule has 3 heterocycles. The van der Waals surface area contributed by atoms with Crippen molar-refractivity contribution in [3.05, 3.63) is 70.7 Å². The Labute approximate surface area is 233 Å². The van der Waals surface area contributed by atoms with Gasteiger partial charge >= 0.3 is 0 Å². The molecule has 3 aromatic rings. The van der Waals surface area contributed by atoms with Crippen LogP contribution >= 0.6 is 0 Å². The van der Waals surface area contributed by atoms with E-state index in [4.69, 9.17) is 6.42 Å². The van der Waals surface area contributed by atoms with E-state index in [-0.39, 0.29) is 5.41 Å². The molecule has 4 rings (SSSR count). The van der Waals surface area contributed by atoms with Gasteiger partial charge in [0.05, 0.1) is 39.6 Å². The van der Waals surface area contributed by atoms with E-state index in [9.17, 15) is 14.0 Å². The fraction of sp³-hybridized carbons (Fsp3) is 0.367. The van der Waals surface area contributed by atoms with Gasteiger partial charge in [-0.1, -0.05) is 32.8 Å². The Morgan fingerprint density at radius 1 is 1.18 bits per heavy atom. The van der Waals surface area contributed by atoms with Crippen molar-refractivity contribution in [1.82, 2.24) is 25.9 Å². The molecule has 8 nitrogen and oxygen atoms in total. The van der Waals surface area contributed by atoms with E-state index in [2.05, 4.69) is 64.3 Å². The molecule has 0 saturated carbocycles. The highest BCUT2D eigenvalue weighted by Crippen LogP contribution is 2.35. The maximum absolute atomic E-state index is 13.9. The van der Waals surface area contributed by atoms with Gasteiger partial charge in [0.15, 0.2) is 0 Å². The van der Waals surface area contributed by atoms with Gasteiger partial charge in [0.25, 0.3) is 0 Å². The number of benzene rings is 1. The number of terminal acetylenes is 1. The van der Waals surface area contributed by atoms with E-state index in [1.54, 1.807) is 50.3 Å². The number of nitrogens with one attached hydrogen (secondary N) is 4. The predicted octanol–water partition coefficient (Wildman–Crippen LogP) is 5.46. The van der Waals surface area contributed by atoms with Crippen LogP contribution in [-0.4, -0.2) is 33.7 Å². The fourth-order valence-corrected chi connectivity index (χ4v) is 4.33. The van der Waals surface area contributed by atoms with Gasteiger partial charge < -0.3 is 16.1 Å². The molecule has 0 unspecified atom stereocenters. The van der Waals surface area contributed by atoms with Crippen LogP contribution < -0.4 is 21.6 Å². The van der Waals surface area contributed by atoms with Gasteiger partial charge in [-0.2, -0.15) is 9.65 Å². The third-order valence-corrected chi connectivity index (χ3v) is 6.64. The fourth-order valence-electron chi connectivity index (χ4n) is 4.33. The van der Waals surface area contributed by atoms with Crippen molar-refractivity contribution in [2.24, 2.45) is 5.41 Å². The lowest BCUT2D eigenvalue weighted by Gasteiger charge is -2.31. The molecule has 1 atom stereocenters. The van der Waals surface area contributed by atoms with E-state index >= 15 is 0 Å². The number of aromatic nitrogens is 2. The van der Waals surface area contributed by atoms with E-state index < -0.39 is 24.2 Å². The van der Waals surface area contributed by atoms with Crippen LogP contribution in [0.1, 0.15) is 63.0 Å². The zero-order valence-corrected chi connectivity index (χ0v) is 23.6. The molecule has 1 aliphatic heterocycles. The number of anilines is 2. The van der Waals surface area contributed by atoms with Gasteiger partial charge in [-0.25, -0.2) is 9.37 Å². The largest absolute Gasteiger partial charge is 0.383 e. The Bertz CT molecular complexity index is 1540. The molecule has 208 valence electrons. The van der Waals surface area contributed by atoms with Crippen LogP contribution in [0, 0.1) is 42.0 Å². The summed E-state index contributed by atoms with van der Waals surface area (Å²) in [6.45, 7) is 11.6. The van der Waals surface area contributed by atoms with Gasteiger partial charge in [0, 0.05) is 41.3 Å². The molecule has 1 aliphatic rings. The van der Waals surface area contributed by atoms with Gasteiger partial charge in [-0.15, -0.1) is 12.0 Å².